The largest absolute Gasteiger partial charge is 0.328 e. The van der Waals surface area contributed by atoms with Gasteiger partial charge in [-0.15, -0.1) is 5.10 Å². The van der Waals surface area contributed by atoms with Gasteiger partial charge in [0.15, 0.2) is 5.82 Å². The summed E-state index contributed by atoms with van der Waals surface area (Å²) in [6, 6.07) is 9.95. The van der Waals surface area contributed by atoms with E-state index < -0.39 is 0 Å². The van der Waals surface area contributed by atoms with Crippen LogP contribution in [0, 0.1) is 5.92 Å². The van der Waals surface area contributed by atoms with Gasteiger partial charge in [-0.05, 0) is 65.8 Å². The van der Waals surface area contributed by atoms with E-state index in [2.05, 4.69) is 32.5 Å². The summed E-state index contributed by atoms with van der Waals surface area (Å²) in [6.45, 7) is 4.28. The van der Waals surface area contributed by atoms with Crippen LogP contribution in [-0.2, 0) is 17.8 Å². The minimum atomic E-state index is -0.107. The Bertz CT molecular complexity index is 1440. The Labute approximate surface area is 228 Å². The van der Waals surface area contributed by atoms with Crippen LogP contribution in [0.2, 0.25) is 0 Å². The topological polar surface area (TPSA) is 111 Å². The Hall–Kier alpha value is -3.88. The molecule has 1 aromatic carbocycles. The first kappa shape index (κ1) is 26.7. The highest BCUT2D eigenvalue weighted by atomic mass is 16.2. The molecule has 1 aliphatic carbocycles. The number of rotatable bonds is 9. The number of imidazole rings is 1. The SMILES string of the molecule is CCCCc1cn(C2CCCCCCC2C(C)=O)c(=O)n1Cc1cnccc1-c1ccc(-c2nnn[nH]2)cc1. The molecule has 5 rings (SSSR count). The van der Waals surface area contributed by atoms with Crippen LogP contribution in [-0.4, -0.2) is 40.5 Å². The van der Waals surface area contributed by atoms with Gasteiger partial charge in [-0.3, -0.25) is 18.9 Å². The van der Waals surface area contributed by atoms with Crippen molar-refractivity contribution in [3.8, 4) is 22.5 Å². The van der Waals surface area contributed by atoms with Crippen molar-refractivity contribution < 1.29 is 4.79 Å². The van der Waals surface area contributed by atoms with E-state index >= 15 is 0 Å². The van der Waals surface area contributed by atoms with Gasteiger partial charge in [0.05, 0.1) is 6.54 Å². The Kier molecular flexibility index (Phi) is 8.44. The number of aryl methyl sites for hydroxylation is 1. The van der Waals surface area contributed by atoms with E-state index in [1.54, 1.807) is 13.1 Å². The molecule has 2 unspecified atom stereocenters. The van der Waals surface area contributed by atoms with Crippen molar-refractivity contribution in [1.29, 1.82) is 0 Å². The molecule has 1 aliphatic rings. The first-order chi connectivity index (χ1) is 19.1. The summed E-state index contributed by atoms with van der Waals surface area (Å²) in [5.41, 5.74) is 4.93. The molecule has 0 saturated heterocycles. The highest BCUT2D eigenvalue weighted by Gasteiger charge is 2.30. The number of carbonyl (C=O) groups excluding carboxylic acids is 1. The lowest BCUT2D eigenvalue weighted by Crippen LogP contribution is -2.34. The lowest BCUT2D eigenvalue weighted by atomic mass is 9.84. The van der Waals surface area contributed by atoms with E-state index in [0.29, 0.717) is 12.4 Å². The van der Waals surface area contributed by atoms with Crippen LogP contribution < -0.4 is 5.69 Å². The number of hydrogen-bond acceptors (Lipinski definition) is 6. The number of tetrazole rings is 1. The summed E-state index contributed by atoms with van der Waals surface area (Å²) >= 11 is 0. The van der Waals surface area contributed by atoms with Crippen LogP contribution in [0.3, 0.4) is 0 Å². The van der Waals surface area contributed by atoms with Crippen LogP contribution in [0.25, 0.3) is 22.5 Å². The molecule has 0 radical (unpaired) electrons. The lowest BCUT2D eigenvalue weighted by Gasteiger charge is -2.28. The fraction of sp³-hybridized carbons (Fsp3) is 0.467. The second-order valence-electron chi connectivity index (χ2n) is 10.6. The fourth-order valence-corrected chi connectivity index (χ4v) is 5.88. The predicted octanol–water partition coefficient (Wildman–Crippen LogP) is 5.38. The van der Waals surface area contributed by atoms with Crippen LogP contribution in [0.1, 0.15) is 82.5 Å². The molecule has 3 aromatic heterocycles. The summed E-state index contributed by atoms with van der Waals surface area (Å²) < 4.78 is 3.79. The van der Waals surface area contributed by atoms with Crippen LogP contribution in [0.15, 0.2) is 53.7 Å². The number of nitrogens with zero attached hydrogens (tertiary/aromatic N) is 6. The third-order valence-electron chi connectivity index (χ3n) is 8.03. The van der Waals surface area contributed by atoms with Crippen LogP contribution in [0.4, 0.5) is 0 Å². The average molecular weight is 528 g/mol. The lowest BCUT2D eigenvalue weighted by molar-refractivity contribution is -0.122. The molecule has 4 aromatic rings. The highest BCUT2D eigenvalue weighted by molar-refractivity contribution is 5.78. The number of H-pyrrole nitrogens is 1. The smallest absolute Gasteiger partial charge is 0.300 e. The van der Waals surface area contributed by atoms with E-state index in [4.69, 9.17) is 0 Å². The van der Waals surface area contributed by atoms with Crippen molar-refractivity contribution in [3.63, 3.8) is 0 Å². The minimum absolute atomic E-state index is 0.0269. The fourth-order valence-electron chi connectivity index (χ4n) is 5.88. The number of nitrogens with one attached hydrogen (secondary N) is 1. The van der Waals surface area contributed by atoms with Crippen molar-refractivity contribution in [2.45, 2.75) is 84.2 Å². The number of ketones is 1. The minimum Gasteiger partial charge on any atom is -0.300 e. The monoisotopic (exact) mass is 527 g/mol. The number of Topliss-reactive ketones (excluding diaryl/α,β-unsaturated/α-hetero) is 1. The zero-order valence-electron chi connectivity index (χ0n) is 22.8. The van der Waals surface area contributed by atoms with Crippen LogP contribution in [0.5, 0.6) is 0 Å². The third-order valence-corrected chi connectivity index (χ3v) is 8.03. The molecular weight excluding hydrogens is 490 g/mol. The molecule has 9 nitrogen and oxygen atoms in total. The number of pyridine rings is 1. The van der Waals surface area contributed by atoms with E-state index in [0.717, 1.165) is 85.7 Å². The van der Waals surface area contributed by atoms with Gasteiger partial charge in [-0.1, -0.05) is 63.3 Å². The van der Waals surface area contributed by atoms with Gasteiger partial charge in [0.2, 0.25) is 0 Å². The van der Waals surface area contributed by atoms with Gasteiger partial charge in [0, 0.05) is 41.8 Å². The van der Waals surface area contributed by atoms with Crippen molar-refractivity contribution in [2.24, 2.45) is 5.92 Å². The third kappa shape index (κ3) is 5.92. The number of aromatic nitrogens is 7. The Morgan fingerprint density at radius 1 is 1.05 bits per heavy atom. The van der Waals surface area contributed by atoms with E-state index in [9.17, 15) is 9.59 Å². The summed E-state index contributed by atoms with van der Waals surface area (Å²) in [5, 5.41) is 14.1. The van der Waals surface area contributed by atoms with E-state index in [1.165, 1.54) is 0 Å². The number of unbranched alkanes of at least 4 members (excludes halogenated alkanes) is 1. The molecule has 2 atom stereocenters. The zero-order valence-corrected chi connectivity index (χ0v) is 22.8. The maximum absolute atomic E-state index is 14.0. The Balaban J connectivity index is 1.51. The molecule has 1 fully saturated rings. The number of aromatic amines is 1. The molecule has 0 aliphatic heterocycles. The average Bonchev–Trinajstić information content (AvgIpc) is 3.57. The maximum atomic E-state index is 14.0. The molecule has 39 heavy (non-hydrogen) atoms. The van der Waals surface area contributed by atoms with Crippen molar-refractivity contribution in [1.82, 2.24) is 34.7 Å². The molecule has 3 heterocycles. The molecule has 204 valence electrons. The molecule has 1 N–H and O–H groups in total. The predicted molar refractivity (Wildman–Crippen MR) is 150 cm³/mol. The molecule has 9 heteroatoms. The zero-order chi connectivity index (χ0) is 27.2. The molecule has 1 saturated carbocycles. The second kappa shape index (κ2) is 12.3. The second-order valence-corrected chi connectivity index (χ2v) is 10.6. The maximum Gasteiger partial charge on any atom is 0.328 e. The van der Waals surface area contributed by atoms with Gasteiger partial charge in [0.25, 0.3) is 0 Å². The Morgan fingerprint density at radius 3 is 2.54 bits per heavy atom. The number of carbonyl (C=O) groups is 1. The first-order valence-electron chi connectivity index (χ1n) is 14.1. The quantitative estimate of drug-likeness (QED) is 0.313. The molecular formula is C30H37N7O2. The van der Waals surface area contributed by atoms with Crippen LogP contribution >= 0.6 is 0 Å². The first-order valence-corrected chi connectivity index (χ1v) is 14.1. The summed E-state index contributed by atoms with van der Waals surface area (Å²) in [7, 11) is 0. The van der Waals surface area contributed by atoms with Gasteiger partial charge in [-0.25, -0.2) is 9.89 Å². The summed E-state index contributed by atoms with van der Waals surface area (Å²) in [4.78, 5) is 31.1. The standard InChI is InChI=1S/C30H37N7O2/c1-3-4-9-25-20-37(28-11-8-6-5-7-10-26(28)21(2)38)30(39)36(25)19-24-18-31-17-16-27(24)22-12-14-23(15-13-22)29-32-34-35-33-29/h12-18,20,26,28H,3-11,19H2,1-2H3,(H,32,33,34,35). The van der Waals surface area contributed by atoms with Gasteiger partial charge >= 0.3 is 5.69 Å². The normalized spacial score (nSPS) is 18.0. The van der Waals surface area contributed by atoms with Crippen molar-refractivity contribution in [3.05, 3.63) is 70.7 Å². The number of hydrogen-bond donors (Lipinski definition) is 1. The van der Waals surface area contributed by atoms with Gasteiger partial charge in [0.1, 0.15) is 5.78 Å². The molecule has 0 spiro atoms. The van der Waals surface area contributed by atoms with E-state index in [-0.39, 0.29) is 23.4 Å². The molecule has 0 bridgehead atoms. The molecule has 0 amide bonds. The van der Waals surface area contributed by atoms with Crippen molar-refractivity contribution >= 4 is 5.78 Å². The highest BCUT2D eigenvalue weighted by Crippen LogP contribution is 2.33. The van der Waals surface area contributed by atoms with Crippen molar-refractivity contribution in [2.75, 3.05) is 0 Å². The van der Waals surface area contributed by atoms with E-state index in [1.807, 2.05) is 51.9 Å². The van der Waals surface area contributed by atoms with Gasteiger partial charge in [-0.2, -0.15) is 0 Å². The summed E-state index contributed by atoms with van der Waals surface area (Å²) in [6.07, 6.45) is 14.7. The summed E-state index contributed by atoms with van der Waals surface area (Å²) in [5.74, 6) is 0.698. The van der Waals surface area contributed by atoms with Gasteiger partial charge < -0.3 is 0 Å². The number of benzene rings is 1. The Morgan fingerprint density at radius 2 is 1.82 bits per heavy atom.